The summed E-state index contributed by atoms with van der Waals surface area (Å²) in [4.78, 5) is 28.5. The van der Waals surface area contributed by atoms with Crippen LogP contribution in [0.2, 0.25) is 0 Å². The Labute approximate surface area is 149 Å². The maximum atomic E-state index is 13.2. The van der Waals surface area contributed by atoms with Gasteiger partial charge >= 0.3 is 0 Å². The van der Waals surface area contributed by atoms with Gasteiger partial charge in [-0.1, -0.05) is 36.4 Å². The minimum absolute atomic E-state index is 0.210. The smallest absolute Gasteiger partial charge is 0.257 e. The molecule has 0 saturated heterocycles. The quantitative estimate of drug-likeness (QED) is 0.742. The maximum absolute atomic E-state index is 13.2. The van der Waals surface area contributed by atoms with Gasteiger partial charge < -0.3 is 10.6 Å². The molecular weight excluding hydrogens is 333 g/mol. The third-order valence-electron chi connectivity index (χ3n) is 3.64. The van der Waals surface area contributed by atoms with E-state index in [0.29, 0.717) is 12.2 Å². The van der Waals surface area contributed by atoms with E-state index in [9.17, 15) is 14.0 Å². The first-order valence-electron chi connectivity index (χ1n) is 7.96. The van der Waals surface area contributed by atoms with Crippen molar-refractivity contribution in [2.75, 3.05) is 5.32 Å². The molecule has 0 fully saturated rings. The predicted molar refractivity (Wildman–Crippen MR) is 96.2 cm³/mol. The number of hydrogen-bond donors (Lipinski definition) is 2. The van der Waals surface area contributed by atoms with E-state index in [1.54, 1.807) is 6.07 Å². The first-order valence-corrected chi connectivity index (χ1v) is 7.96. The number of nitrogens with zero attached hydrogens (tertiary/aromatic N) is 1. The molecule has 0 saturated carbocycles. The molecule has 6 heteroatoms. The van der Waals surface area contributed by atoms with Gasteiger partial charge in [0, 0.05) is 24.6 Å². The Morgan fingerprint density at radius 2 is 1.62 bits per heavy atom. The van der Waals surface area contributed by atoms with Crippen LogP contribution in [-0.4, -0.2) is 16.8 Å². The molecule has 2 amide bonds. The molecule has 0 spiro atoms. The standard InChI is InChI=1S/C20H16FN3O2/c21-17-7-4-8-18(10-17)24-20(26)16-9-15(12-22-13-16)19(25)23-11-14-5-2-1-3-6-14/h1-10,12-13H,11H2,(H,23,25)(H,24,26). The van der Waals surface area contributed by atoms with E-state index in [1.165, 1.54) is 36.7 Å². The number of anilines is 1. The number of carbonyl (C=O) groups is 2. The summed E-state index contributed by atoms with van der Waals surface area (Å²) >= 11 is 0. The molecule has 130 valence electrons. The zero-order chi connectivity index (χ0) is 18.4. The highest BCUT2D eigenvalue weighted by Crippen LogP contribution is 2.12. The Hall–Kier alpha value is -3.54. The van der Waals surface area contributed by atoms with Crippen molar-refractivity contribution in [1.82, 2.24) is 10.3 Å². The van der Waals surface area contributed by atoms with Gasteiger partial charge in [0.1, 0.15) is 5.82 Å². The van der Waals surface area contributed by atoms with Crippen molar-refractivity contribution in [3.8, 4) is 0 Å². The summed E-state index contributed by atoms with van der Waals surface area (Å²) < 4.78 is 13.2. The molecule has 2 N–H and O–H groups in total. The number of carbonyl (C=O) groups excluding carboxylic acids is 2. The van der Waals surface area contributed by atoms with Gasteiger partial charge in [-0.15, -0.1) is 0 Å². The van der Waals surface area contributed by atoms with Crippen LogP contribution in [0.15, 0.2) is 73.1 Å². The number of amides is 2. The number of hydrogen-bond acceptors (Lipinski definition) is 3. The molecule has 0 aliphatic heterocycles. The Kier molecular flexibility index (Phi) is 5.34. The van der Waals surface area contributed by atoms with Gasteiger partial charge in [-0.25, -0.2) is 4.39 Å². The van der Waals surface area contributed by atoms with Crippen molar-refractivity contribution >= 4 is 17.5 Å². The Morgan fingerprint density at radius 3 is 2.35 bits per heavy atom. The van der Waals surface area contributed by atoms with Crippen LogP contribution in [0.4, 0.5) is 10.1 Å². The molecule has 1 aromatic heterocycles. The molecule has 2 aromatic carbocycles. The van der Waals surface area contributed by atoms with Gasteiger partial charge in [-0.2, -0.15) is 0 Å². The lowest BCUT2D eigenvalue weighted by Gasteiger charge is -2.08. The molecule has 0 aliphatic carbocycles. The van der Waals surface area contributed by atoms with Crippen LogP contribution in [0.3, 0.4) is 0 Å². The monoisotopic (exact) mass is 349 g/mol. The minimum Gasteiger partial charge on any atom is -0.348 e. The van der Waals surface area contributed by atoms with Crippen molar-refractivity contribution in [3.05, 3.63) is 95.6 Å². The van der Waals surface area contributed by atoms with Crippen LogP contribution < -0.4 is 10.6 Å². The van der Waals surface area contributed by atoms with Gasteiger partial charge in [-0.05, 0) is 29.8 Å². The molecular formula is C20H16FN3O2. The average Bonchev–Trinajstić information content (AvgIpc) is 2.67. The van der Waals surface area contributed by atoms with Gasteiger partial charge in [0.2, 0.25) is 0 Å². The first kappa shape index (κ1) is 17.3. The normalized spacial score (nSPS) is 10.2. The molecule has 0 aliphatic rings. The van der Waals surface area contributed by atoms with Gasteiger partial charge in [-0.3, -0.25) is 14.6 Å². The highest BCUT2D eigenvalue weighted by Gasteiger charge is 2.12. The van der Waals surface area contributed by atoms with Crippen LogP contribution in [0.1, 0.15) is 26.3 Å². The molecule has 0 bridgehead atoms. The van der Waals surface area contributed by atoms with Crippen LogP contribution in [0, 0.1) is 5.82 Å². The van der Waals surface area contributed by atoms with Crippen molar-refractivity contribution < 1.29 is 14.0 Å². The Morgan fingerprint density at radius 1 is 0.885 bits per heavy atom. The molecule has 3 rings (SSSR count). The minimum atomic E-state index is -0.471. The summed E-state index contributed by atoms with van der Waals surface area (Å²) in [5.74, 6) is -1.25. The third kappa shape index (κ3) is 4.51. The first-order chi connectivity index (χ1) is 12.6. The molecule has 5 nitrogen and oxygen atoms in total. The SMILES string of the molecule is O=C(NCc1ccccc1)c1cncc(C(=O)Nc2cccc(F)c2)c1. The highest BCUT2D eigenvalue weighted by molar-refractivity contribution is 6.05. The van der Waals surface area contributed by atoms with Crippen LogP contribution in [0.5, 0.6) is 0 Å². The molecule has 3 aromatic rings. The summed E-state index contributed by atoms with van der Waals surface area (Å²) in [6, 6.07) is 16.5. The third-order valence-corrected chi connectivity index (χ3v) is 3.64. The predicted octanol–water partition coefficient (Wildman–Crippen LogP) is 3.40. The molecule has 1 heterocycles. The van der Waals surface area contributed by atoms with E-state index in [1.807, 2.05) is 30.3 Å². The lowest BCUT2D eigenvalue weighted by Crippen LogP contribution is -2.23. The fraction of sp³-hybridized carbons (Fsp3) is 0.0500. The summed E-state index contributed by atoms with van der Waals surface area (Å²) in [5, 5.41) is 5.35. The van der Waals surface area contributed by atoms with Crippen molar-refractivity contribution in [2.24, 2.45) is 0 Å². The van der Waals surface area contributed by atoms with E-state index in [2.05, 4.69) is 15.6 Å². The number of aromatic nitrogens is 1. The lowest BCUT2D eigenvalue weighted by atomic mass is 10.1. The van der Waals surface area contributed by atoms with Crippen LogP contribution >= 0.6 is 0 Å². The highest BCUT2D eigenvalue weighted by atomic mass is 19.1. The van der Waals surface area contributed by atoms with E-state index in [4.69, 9.17) is 0 Å². The van der Waals surface area contributed by atoms with Gasteiger partial charge in [0.25, 0.3) is 11.8 Å². The number of rotatable bonds is 5. The fourth-order valence-corrected chi connectivity index (χ4v) is 2.34. The topological polar surface area (TPSA) is 71.1 Å². The van der Waals surface area contributed by atoms with E-state index < -0.39 is 11.7 Å². The van der Waals surface area contributed by atoms with Gasteiger partial charge in [0.15, 0.2) is 0 Å². The van der Waals surface area contributed by atoms with Crippen LogP contribution in [-0.2, 0) is 6.54 Å². The zero-order valence-electron chi connectivity index (χ0n) is 13.8. The maximum Gasteiger partial charge on any atom is 0.257 e. The van der Waals surface area contributed by atoms with E-state index in [-0.39, 0.29) is 17.0 Å². The van der Waals surface area contributed by atoms with Crippen LogP contribution in [0.25, 0.3) is 0 Å². The Balaban J connectivity index is 1.67. The lowest BCUT2D eigenvalue weighted by molar-refractivity contribution is 0.0950. The van der Waals surface area contributed by atoms with Crippen molar-refractivity contribution in [3.63, 3.8) is 0 Å². The number of pyridine rings is 1. The van der Waals surface area contributed by atoms with E-state index >= 15 is 0 Å². The average molecular weight is 349 g/mol. The summed E-state index contributed by atoms with van der Waals surface area (Å²) in [6.45, 7) is 0.374. The summed E-state index contributed by atoms with van der Waals surface area (Å²) in [7, 11) is 0. The van der Waals surface area contributed by atoms with Gasteiger partial charge in [0.05, 0.1) is 11.1 Å². The Bertz CT molecular complexity index is 929. The largest absolute Gasteiger partial charge is 0.348 e. The number of nitrogens with one attached hydrogen (secondary N) is 2. The van der Waals surface area contributed by atoms with Crippen molar-refractivity contribution in [2.45, 2.75) is 6.54 Å². The number of halogens is 1. The molecule has 26 heavy (non-hydrogen) atoms. The molecule has 0 radical (unpaired) electrons. The van der Waals surface area contributed by atoms with E-state index in [0.717, 1.165) is 5.56 Å². The van der Waals surface area contributed by atoms with Crippen molar-refractivity contribution in [1.29, 1.82) is 0 Å². The summed E-state index contributed by atoms with van der Waals surface area (Å²) in [5.41, 5.74) is 1.78. The second-order valence-electron chi connectivity index (χ2n) is 5.60. The molecule has 0 atom stereocenters. The second-order valence-corrected chi connectivity index (χ2v) is 5.60. The molecule has 0 unspecified atom stereocenters. The summed E-state index contributed by atoms with van der Waals surface area (Å²) in [6.07, 6.45) is 2.74. The second kappa shape index (κ2) is 8.02. The zero-order valence-corrected chi connectivity index (χ0v) is 13.8. The number of benzene rings is 2. The fourth-order valence-electron chi connectivity index (χ4n) is 2.34.